The second-order valence-electron chi connectivity index (χ2n) is 3.04. The Balaban J connectivity index is 2.47. The monoisotopic (exact) mass is 188 g/mol. The smallest absolute Gasteiger partial charge is 0.158 e. The lowest BCUT2D eigenvalue weighted by molar-refractivity contribution is 0.918. The van der Waals surface area contributed by atoms with Crippen LogP contribution in [0.5, 0.6) is 0 Å². The predicted octanol–water partition coefficient (Wildman–Crippen LogP) is 1.52. The number of nitrogens with one attached hydrogen (secondary N) is 1. The zero-order valence-corrected chi connectivity index (χ0v) is 8.23. The van der Waals surface area contributed by atoms with Crippen LogP contribution >= 0.6 is 0 Å². The van der Waals surface area contributed by atoms with E-state index in [1.807, 2.05) is 37.0 Å². The van der Waals surface area contributed by atoms with Crippen molar-refractivity contribution in [3.8, 4) is 11.5 Å². The summed E-state index contributed by atoms with van der Waals surface area (Å²) in [6, 6.07) is 3.90. The minimum atomic E-state index is 0.877. The van der Waals surface area contributed by atoms with E-state index in [2.05, 4.69) is 15.3 Å². The van der Waals surface area contributed by atoms with E-state index in [4.69, 9.17) is 0 Å². The first-order chi connectivity index (χ1) is 6.81. The fourth-order valence-corrected chi connectivity index (χ4v) is 1.32. The molecule has 0 amide bonds. The molecule has 0 aliphatic rings. The number of imidazole rings is 1. The van der Waals surface area contributed by atoms with E-state index in [9.17, 15) is 0 Å². The van der Waals surface area contributed by atoms with Crippen molar-refractivity contribution in [3.05, 3.63) is 30.7 Å². The van der Waals surface area contributed by atoms with Gasteiger partial charge in [0.2, 0.25) is 0 Å². The van der Waals surface area contributed by atoms with E-state index in [0.717, 1.165) is 17.2 Å². The highest BCUT2D eigenvalue weighted by Crippen LogP contribution is 2.16. The second kappa shape index (κ2) is 3.49. The molecule has 0 fully saturated rings. The molecule has 2 heterocycles. The van der Waals surface area contributed by atoms with Gasteiger partial charge in [0.1, 0.15) is 5.69 Å². The molecular weight excluding hydrogens is 176 g/mol. The highest BCUT2D eigenvalue weighted by Gasteiger charge is 2.04. The normalized spacial score (nSPS) is 10.1. The van der Waals surface area contributed by atoms with E-state index >= 15 is 0 Å². The molecule has 0 atom stereocenters. The molecule has 0 spiro atoms. The van der Waals surface area contributed by atoms with Gasteiger partial charge in [-0.05, 0) is 12.1 Å². The van der Waals surface area contributed by atoms with Crippen molar-refractivity contribution in [1.82, 2.24) is 14.5 Å². The van der Waals surface area contributed by atoms with Crippen molar-refractivity contribution in [3.63, 3.8) is 0 Å². The van der Waals surface area contributed by atoms with Crippen LogP contribution in [0.3, 0.4) is 0 Å². The minimum absolute atomic E-state index is 0.877. The summed E-state index contributed by atoms with van der Waals surface area (Å²) in [4.78, 5) is 8.50. The van der Waals surface area contributed by atoms with Gasteiger partial charge in [-0.2, -0.15) is 0 Å². The van der Waals surface area contributed by atoms with Gasteiger partial charge in [-0.25, -0.2) is 4.98 Å². The number of pyridine rings is 1. The number of aryl methyl sites for hydroxylation is 1. The van der Waals surface area contributed by atoms with Crippen LogP contribution in [0.25, 0.3) is 11.5 Å². The molecule has 2 aromatic rings. The number of aromatic nitrogens is 3. The van der Waals surface area contributed by atoms with Gasteiger partial charge in [0.25, 0.3) is 0 Å². The van der Waals surface area contributed by atoms with E-state index in [0.29, 0.717) is 0 Å². The molecule has 2 rings (SSSR count). The molecule has 0 aromatic carbocycles. The summed E-state index contributed by atoms with van der Waals surface area (Å²) in [7, 11) is 3.84. The second-order valence-corrected chi connectivity index (χ2v) is 3.04. The maximum atomic E-state index is 4.27. The average molecular weight is 188 g/mol. The number of nitrogens with zero attached hydrogens (tertiary/aromatic N) is 3. The van der Waals surface area contributed by atoms with Crippen LogP contribution in [-0.2, 0) is 7.05 Å². The first-order valence-corrected chi connectivity index (χ1v) is 4.43. The summed E-state index contributed by atoms with van der Waals surface area (Å²) in [5.41, 5.74) is 1.92. The van der Waals surface area contributed by atoms with E-state index in [-0.39, 0.29) is 0 Å². The highest BCUT2D eigenvalue weighted by molar-refractivity contribution is 5.57. The number of hydrogen-bond donors (Lipinski definition) is 1. The lowest BCUT2D eigenvalue weighted by Gasteiger charge is -2.03. The molecule has 72 valence electrons. The van der Waals surface area contributed by atoms with E-state index in [1.165, 1.54) is 0 Å². The van der Waals surface area contributed by atoms with Gasteiger partial charge in [0, 0.05) is 38.4 Å². The van der Waals surface area contributed by atoms with E-state index < -0.39 is 0 Å². The zero-order chi connectivity index (χ0) is 9.97. The highest BCUT2D eigenvalue weighted by atomic mass is 15.0. The lowest BCUT2D eigenvalue weighted by Crippen LogP contribution is -1.95. The SMILES string of the molecule is CNc1ccnc(-c2nccn2C)c1. The van der Waals surface area contributed by atoms with Gasteiger partial charge < -0.3 is 9.88 Å². The van der Waals surface area contributed by atoms with Gasteiger partial charge in [-0.1, -0.05) is 0 Å². The molecule has 0 saturated heterocycles. The molecule has 2 aromatic heterocycles. The molecule has 0 unspecified atom stereocenters. The Morgan fingerprint density at radius 2 is 2.14 bits per heavy atom. The quantitative estimate of drug-likeness (QED) is 0.777. The fraction of sp³-hybridized carbons (Fsp3) is 0.200. The summed E-state index contributed by atoms with van der Waals surface area (Å²) in [6.45, 7) is 0. The van der Waals surface area contributed by atoms with Crippen LogP contribution in [0, 0.1) is 0 Å². The van der Waals surface area contributed by atoms with Crippen LogP contribution in [-0.4, -0.2) is 21.6 Å². The third kappa shape index (κ3) is 1.46. The van der Waals surface area contributed by atoms with Gasteiger partial charge in [0.15, 0.2) is 5.82 Å². The molecule has 0 bridgehead atoms. The van der Waals surface area contributed by atoms with Crippen LogP contribution < -0.4 is 5.32 Å². The Morgan fingerprint density at radius 3 is 2.79 bits per heavy atom. The van der Waals surface area contributed by atoms with Crippen LogP contribution in [0.2, 0.25) is 0 Å². The predicted molar refractivity (Wildman–Crippen MR) is 56.0 cm³/mol. The maximum Gasteiger partial charge on any atom is 0.158 e. The molecule has 0 radical (unpaired) electrons. The lowest BCUT2D eigenvalue weighted by atomic mass is 10.3. The molecule has 4 nitrogen and oxygen atoms in total. The van der Waals surface area contributed by atoms with Gasteiger partial charge >= 0.3 is 0 Å². The molecule has 4 heteroatoms. The van der Waals surface area contributed by atoms with Crippen molar-refractivity contribution in [2.75, 3.05) is 12.4 Å². The first-order valence-electron chi connectivity index (χ1n) is 4.43. The minimum Gasteiger partial charge on any atom is -0.388 e. The maximum absolute atomic E-state index is 4.27. The summed E-state index contributed by atoms with van der Waals surface area (Å²) >= 11 is 0. The van der Waals surface area contributed by atoms with Gasteiger partial charge in [0.05, 0.1) is 0 Å². The van der Waals surface area contributed by atoms with E-state index in [1.54, 1.807) is 12.4 Å². The van der Waals surface area contributed by atoms with Crippen molar-refractivity contribution in [1.29, 1.82) is 0 Å². The zero-order valence-electron chi connectivity index (χ0n) is 8.23. The average Bonchev–Trinajstić information content (AvgIpc) is 2.65. The largest absolute Gasteiger partial charge is 0.388 e. The summed E-state index contributed by atoms with van der Waals surface area (Å²) in [5, 5.41) is 3.07. The molecule has 0 aliphatic carbocycles. The molecule has 0 aliphatic heterocycles. The Bertz CT molecular complexity index is 433. The molecule has 1 N–H and O–H groups in total. The Kier molecular flexibility index (Phi) is 2.18. The van der Waals surface area contributed by atoms with Crippen LogP contribution in [0.15, 0.2) is 30.7 Å². The molecule has 0 saturated carbocycles. The van der Waals surface area contributed by atoms with Crippen molar-refractivity contribution < 1.29 is 0 Å². The third-order valence-electron chi connectivity index (χ3n) is 2.10. The Morgan fingerprint density at radius 1 is 1.29 bits per heavy atom. The summed E-state index contributed by atoms with van der Waals surface area (Å²) in [6.07, 6.45) is 5.45. The molecular formula is C10H12N4. The topological polar surface area (TPSA) is 42.7 Å². The van der Waals surface area contributed by atoms with Crippen molar-refractivity contribution >= 4 is 5.69 Å². The Labute approximate surface area is 82.6 Å². The van der Waals surface area contributed by atoms with Gasteiger partial charge in [-0.3, -0.25) is 4.98 Å². The summed E-state index contributed by atoms with van der Waals surface area (Å²) in [5.74, 6) is 0.877. The van der Waals surface area contributed by atoms with Crippen LogP contribution in [0.1, 0.15) is 0 Å². The summed E-state index contributed by atoms with van der Waals surface area (Å²) < 4.78 is 1.95. The van der Waals surface area contributed by atoms with Crippen molar-refractivity contribution in [2.24, 2.45) is 7.05 Å². The third-order valence-corrected chi connectivity index (χ3v) is 2.10. The van der Waals surface area contributed by atoms with Crippen molar-refractivity contribution in [2.45, 2.75) is 0 Å². The number of rotatable bonds is 2. The standard InChI is InChI=1S/C10H12N4/c1-11-8-3-4-12-9(7-8)10-13-5-6-14(10)2/h3-7H,1-2H3,(H,11,12). The van der Waals surface area contributed by atoms with Gasteiger partial charge in [-0.15, -0.1) is 0 Å². The number of anilines is 1. The molecule has 14 heavy (non-hydrogen) atoms. The van der Waals surface area contributed by atoms with Crippen LogP contribution in [0.4, 0.5) is 5.69 Å². The fourth-order valence-electron chi connectivity index (χ4n) is 1.32. The Hall–Kier alpha value is -1.84. The first kappa shape index (κ1) is 8.74. The number of hydrogen-bond acceptors (Lipinski definition) is 3.